The molecule has 2 aromatic rings. The molecule has 2 rings (SSSR count). The van der Waals surface area contributed by atoms with Crippen LogP contribution in [0.2, 0.25) is 5.35 Å². The molecule has 12 heavy (non-hydrogen) atoms. The van der Waals surface area contributed by atoms with Gasteiger partial charge in [0, 0.05) is 12.7 Å². The Morgan fingerprint density at radius 2 is 2.42 bits per heavy atom. The van der Waals surface area contributed by atoms with Gasteiger partial charge in [-0.15, -0.1) is 0 Å². The standard InChI is InChI=1S/C7H6ClN3O/c8-7-11-5-4(3-9)1-2-10-6(5)12-7/h1-2H,3,9H2. The van der Waals surface area contributed by atoms with Crippen LogP contribution in [-0.2, 0) is 6.54 Å². The predicted molar refractivity (Wildman–Crippen MR) is 44.7 cm³/mol. The first-order chi connectivity index (χ1) is 5.81. The fraction of sp³-hybridized carbons (Fsp3) is 0.143. The minimum absolute atomic E-state index is 0.0957. The molecule has 62 valence electrons. The number of hydrogen-bond acceptors (Lipinski definition) is 4. The minimum Gasteiger partial charge on any atom is -0.408 e. The zero-order valence-corrected chi connectivity index (χ0v) is 6.88. The molecule has 0 unspecified atom stereocenters. The van der Waals surface area contributed by atoms with Crippen molar-refractivity contribution in [1.82, 2.24) is 9.97 Å². The van der Waals surface area contributed by atoms with Crippen molar-refractivity contribution < 1.29 is 4.42 Å². The van der Waals surface area contributed by atoms with Crippen LogP contribution in [0.1, 0.15) is 5.56 Å². The Labute approximate surface area is 73.4 Å². The Balaban J connectivity index is 2.78. The second kappa shape index (κ2) is 2.73. The van der Waals surface area contributed by atoms with E-state index in [0.29, 0.717) is 17.8 Å². The van der Waals surface area contributed by atoms with Crippen LogP contribution in [0.3, 0.4) is 0 Å². The predicted octanol–water partition coefficient (Wildman–Crippen LogP) is 1.33. The summed E-state index contributed by atoms with van der Waals surface area (Å²) in [6.45, 7) is 0.405. The van der Waals surface area contributed by atoms with Gasteiger partial charge in [0.25, 0.3) is 5.35 Å². The van der Waals surface area contributed by atoms with Gasteiger partial charge in [0.2, 0.25) is 5.71 Å². The van der Waals surface area contributed by atoms with E-state index in [4.69, 9.17) is 21.8 Å². The highest BCUT2D eigenvalue weighted by Crippen LogP contribution is 2.19. The van der Waals surface area contributed by atoms with Gasteiger partial charge < -0.3 is 10.2 Å². The van der Waals surface area contributed by atoms with Crippen LogP contribution in [0.25, 0.3) is 11.2 Å². The summed E-state index contributed by atoms with van der Waals surface area (Å²) >= 11 is 5.55. The quantitative estimate of drug-likeness (QED) is 0.725. The van der Waals surface area contributed by atoms with Gasteiger partial charge >= 0.3 is 0 Å². The maximum Gasteiger partial charge on any atom is 0.294 e. The molecule has 0 amide bonds. The van der Waals surface area contributed by atoms with Crippen molar-refractivity contribution in [3.63, 3.8) is 0 Å². The van der Waals surface area contributed by atoms with Gasteiger partial charge in [-0.25, -0.2) is 4.98 Å². The highest BCUT2D eigenvalue weighted by molar-refractivity contribution is 6.28. The van der Waals surface area contributed by atoms with Crippen LogP contribution < -0.4 is 5.73 Å². The minimum atomic E-state index is 0.0957. The Morgan fingerprint density at radius 3 is 3.17 bits per heavy atom. The maximum absolute atomic E-state index is 5.55. The van der Waals surface area contributed by atoms with Crippen molar-refractivity contribution >= 4 is 22.8 Å². The molecule has 0 atom stereocenters. The van der Waals surface area contributed by atoms with E-state index in [0.717, 1.165) is 5.56 Å². The number of nitrogens with two attached hydrogens (primary N) is 1. The number of hydrogen-bond donors (Lipinski definition) is 1. The van der Waals surface area contributed by atoms with E-state index in [9.17, 15) is 0 Å². The highest BCUT2D eigenvalue weighted by Gasteiger charge is 2.07. The molecule has 0 aliphatic carbocycles. The number of halogens is 1. The fourth-order valence-electron chi connectivity index (χ4n) is 1.02. The first-order valence-corrected chi connectivity index (χ1v) is 3.79. The Hall–Kier alpha value is -1.13. The molecule has 0 saturated carbocycles. The molecule has 2 heterocycles. The number of nitrogens with zero attached hydrogens (tertiary/aromatic N) is 2. The van der Waals surface area contributed by atoms with Crippen LogP contribution in [0, 0.1) is 0 Å². The smallest absolute Gasteiger partial charge is 0.294 e. The van der Waals surface area contributed by atoms with Gasteiger partial charge in [-0.3, -0.25) is 0 Å². The van der Waals surface area contributed by atoms with Crippen LogP contribution in [0.15, 0.2) is 16.7 Å². The molecule has 0 spiro atoms. The third kappa shape index (κ3) is 1.05. The summed E-state index contributed by atoms with van der Waals surface area (Å²) in [5.74, 6) is 0. The van der Waals surface area contributed by atoms with Crippen molar-refractivity contribution in [1.29, 1.82) is 0 Å². The van der Waals surface area contributed by atoms with E-state index < -0.39 is 0 Å². The van der Waals surface area contributed by atoms with Gasteiger partial charge in [-0.2, -0.15) is 4.98 Å². The van der Waals surface area contributed by atoms with Crippen molar-refractivity contribution in [2.75, 3.05) is 0 Å². The summed E-state index contributed by atoms with van der Waals surface area (Å²) < 4.78 is 5.00. The van der Waals surface area contributed by atoms with Gasteiger partial charge in [-0.1, -0.05) is 0 Å². The number of fused-ring (bicyclic) bond motifs is 1. The Bertz CT molecular complexity index is 412. The summed E-state index contributed by atoms with van der Waals surface area (Å²) in [5, 5.41) is 0.0957. The molecule has 2 aromatic heterocycles. The SMILES string of the molecule is NCc1ccnc2oc(Cl)nc12. The maximum atomic E-state index is 5.55. The normalized spacial score (nSPS) is 10.8. The third-order valence-electron chi connectivity index (χ3n) is 1.57. The molecule has 2 N–H and O–H groups in total. The fourth-order valence-corrected chi connectivity index (χ4v) is 1.18. The highest BCUT2D eigenvalue weighted by atomic mass is 35.5. The molecule has 4 nitrogen and oxygen atoms in total. The molecule has 0 bridgehead atoms. The first-order valence-electron chi connectivity index (χ1n) is 3.41. The number of oxazole rings is 1. The molecule has 0 saturated heterocycles. The number of rotatable bonds is 1. The van der Waals surface area contributed by atoms with Crippen molar-refractivity contribution in [3.8, 4) is 0 Å². The zero-order valence-electron chi connectivity index (χ0n) is 6.12. The van der Waals surface area contributed by atoms with Crippen molar-refractivity contribution in [2.24, 2.45) is 5.73 Å². The second-order valence-corrected chi connectivity index (χ2v) is 2.62. The van der Waals surface area contributed by atoms with Gasteiger partial charge in [0.05, 0.1) is 0 Å². The van der Waals surface area contributed by atoms with Crippen molar-refractivity contribution in [2.45, 2.75) is 6.54 Å². The molecule has 5 heteroatoms. The van der Waals surface area contributed by atoms with E-state index >= 15 is 0 Å². The van der Waals surface area contributed by atoms with Crippen LogP contribution in [0.5, 0.6) is 0 Å². The van der Waals surface area contributed by atoms with E-state index in [2.05, 4.69) is 9.97 Å². The van der Waals surface area contributed by atoms with Gasteiger partial charge in [0.1, 0.15) is 5.52 Å². The van der Waals surface area contributed by atoms with E-state index in [1.165, 1.54) is 0 Å². The molecular formula is C7H6ClN3O. The lowest BCUT2D eigenvalue weighted by molar-refractivity contribution is 0.593. The summed E-state index contributed by atoms with van der Waals surface area (Å²) in [4.78, 5) is 7.88. The third-order valence-corrected chi connectivity index (χ3v) is 1.74. The topological polar surface area (TPSA) is 64.9 Å². The van der Waals surface area contributed by atoms with Crippen molar-refractivity contribution in [3.05, 3.63) is 23.2 Å². The average Bonchev–Trinajstić information content (AvgIpc) is 2.44. The monoisotopic (exact) mass is 183 g/mol. The molecule has 0 aromatic carbocycles. The second-order valence-electron chi connectivity index (χ2n) is 2.29. The Kier molecular flexibility index (Phi) is 1.71. The summed E-state index contributed by atoms with van der Waals surface area (Å²) in [6, 6.07) is 1.79. The number of aromatic nitrogens is 2. The lowest BCUT2D eigenvalue weighted by Crippen LogP contribution is -1.97. The zero-order chi connectivity index (χ0) is 8.55. The van der Waals surface area contributed by atoms with Crippen LogP contribution in [0.4, 0.5) is 0 Å². The summed E-state index contributed by atoms with van der Waals surface area (Å²) in [7, 11) is 0. The molecular weight excluding hydrogens is 178 g/mol. The molecule has 0 aliphatic heterocycles. The van der Waals surface area contributed by atoms with E-state index in [1.54, 1.807) is 12.3 Å². The summed E-state index contributed by atoms with van der Waals surface area (Å²) in [6.07, 6.45) is 1.62. The van der Waals surface area contributed by atoms with Gasteiger partial charge in [-0.05, 0) is 23.2 Å². The van der Waals surface area contributed by atoms with Crippen LogP contribution >= 0.6 is 11.6 Å². The molecule has 0 fully saturated rings. The number of pyridine rings is 1. The lowest BCUT2D eigenvalue weighted by Gasteiger charge is -1.93. The largest absolute Gasteiger partial charge is 0.408 e. The molecule has 0 radical (unpaired) electrons. The van der Waals surface area contributed by atoms with Crippen LogP contribution in [-0.4, -0.2) is 9.97 Å². The average molecular weight is 184 g/mol. The van der Waals surface area contributed by atoms with E-state index in [-0.39, 0.29) is 5.35 Å². The Morgan fingerprint density at radius 1 is 1.58 bits per heavy atom. The lowest BCUT2D eigenvalue weighted by atomic mass is 10.2. The van der Waals surface area contributed by atoms with E-state index in [1.807, 2.05) is 0 Å². The van der Waals surface area contributed by atoms with Gasteiger partial charge in [0.15, 0.2) is 0 Å². The summed E-state index contributed by atoms with van der Waals surface area (Å²) in [5.41, 5.74) is 7.43. The molecule has 0 aliphatic rings. The first kappa shape index (κ1) is 7.52.